The fourth-order valence-electron chi connectivity index (χ4n) is 1.34. The Morgan fingerprint density at radius 1 is 1.38 bits per heavy atom. The number of aliphatic hydroxyl groups excluding tert-OH is 1. The summed E-state index contributed by atoms with van der Waals surface area (Å²) in [5, 5.41) is 13.0. The topological polar surface area (TPSA) is 59.2 Å². The van der Waals surface area contributed by atoms with Gasteiger partial charge in [-0.3, -0.25) is 0 Å². The van der Waals surface area contributed by atoms with Gasteiger partial charge in [0.15, 0.2) is 5.82 Å². The Kier molecular flexibility index (Phi) is 3.26. The minimum absolute atomic E-state index is 0.311. The van der Waals surface area contributed by atoms with Crippen LogP contribution in [-0.4, -0.2) is 21.5 Å². The number of benzene rings is 1. The van der Waals surface area contributed by atoms with Gasteiger partial charge in [0.2, 0.25) is 0 Å². The predicted octanol–water partition coefficient (Wildman–Crippen LogP) is 2.51. The maximum atomic E-state index is 9.32. The Morgan fingerprint density at radius 2 is 2.12 bits per heavy atom. The van der Waals surface area contributed by atoms with Gasteiger partial charge in [-0.1, -0.05) is 17.3 Å². The van der Waals surface area contributed by atoms with Crippen LogP contribution in [0, 0.1) is 0 Å². The predicted molar refractivity (Wildman–Crippen MR) is 62.1 cm³/mol. The zero-order valence-corrected chi connectivity index (χ0v) is 9.86. The Labute approximate surface area is 97.7 Å². The van der Waals surface area contributed by atoms with Crippen molar-refractivity contribution in [2.24, 2.45) is 0 Å². The Hall–Kier alpha value is -1.33. The highest BCUT2D eigenvalue weighted by Gasteiger charge is 2.14. The van der Waals surface area contributed by atoms with Crippen LogP contribution in [0.1, 0.15) is 18.9 Å². The minimum Gasteiger partial charge on any atom is -0.385 e. The van der Waals surface area contributed by atoms with Gasteiger partial charge in [-0.05, 0) is 25.3 Å². The molecule has 1 unspecified atom stereocenters. The number of hydrogen-bond donors (Lipinski definition) is 1. The second kappa shape index (κ2) is 4.67. The Balaban J connectivity index is 2.42. The first-order valence-electron chi connectivity index (χ1n) is 4.87. The van der Waals surface area contributed by atoms with Crippen molar-refractivity contribution in [3.63, 3.8) is 0 Å². The number of aromatic nitrogens is 2. The van der Waals surface area contributed by atoms with E-state index >= 15 is 0 Å². The van der Waals surface area contributed by atoms with Gasteiger partial charge >= 0.3 is 0 Å². The molecule has 0 amide bonds. The van der Waals surface area contributed by atoms with Crippen LogP contribution in [0.2, 0.25) is 0 Å². The first-order chi connectivity index (χ1) is 7.72. The summed E-state index contributed by atoms with van der Waals surface area (Å²) in [6.07, 6.45) is 1.28. The third-order valence-electron chi connectivity index (χ3n) is 2.15. The number of aliphatic hydroxyl groups is 1. The lowest BCUT2D eigenvalue weighted by molar-refractivity contribution is 0.184. The van der Waals surface area contributed by atoms with E-state index < -0.39 is 6.10 Å². The molecule has 0 fully saturated rings. The van der Waals surface area contributed by atoms with Gasteiger partial charge in [-0.2, -0.15) is 4.98 Å². The lowest BCUT2D eigenvalue weighted by atomic mass is 10.2. The quantitative estimate of drug-likeness (QED) is 0.830. The largest absolute Gasteiger partial charge is 0.385 e. The van der Waals surface area contributed by atoms with Crippen LogP contribution in [0.15, 0.2) is 33.7 Å². The highest BCUT2D eigenvalue weighted by atomic mass is 32.2. The van der Waals surface area contributed by atoms with E-state index in [2.05, 4.69) is 10.1 Å². The summed E-state index contributed by atoms with van der Waals surface area (Å²) >= 11 is 1.62. The normalized spacial score (nSPS) is 12.7. The molecule has 4 nitrogen and oxygen atoms in total. The summed E-state index contributed by atoms with van der Waals surface area (Å²) in [6.45, 7) is 1.61. The molecule has 1 atom stereocenters. The Bertz CT molecular complexity index is 482. The molecule has 0 spiro atoms. The van der Waals surface area contributed by atoms with E-state index in [1.54, 1.807) is 18.7 Å². The van der Waals surface area contributed by atoms with Crippen molar-refractivity contribution in [2.45, 2.75) is 17.9 Å². The van der Waals surface area contributed by atoms with Gasteiger partial charge in [0.05, 0.1) is 5.56 Å². The number of nitrogens with zero attached hydrogens (tertiary/aromatic N) is 2. The fraction of sp³-hybridized carbons (Fsp3) is 0.273. The van der Waals surface area contributed by atoms with Crippen LogP contribution in [0.3, 0.4) is 0 Å². The molecule has 1 aromatic heterocycles. The molecular formula is C11H12N2O2S. The summed E-state index contributed by atoms with van der Waals surface area (Å²) in [6, 6.07) is 7.79. The number of thioether (sulfide) groups is 1. The second-order valence-electron chi connectivity index (χ2n) is 3.33. The molecule has 0 aliphatic carbocycles. The molecule has 0 saturated carbocycles. The van der Waals surface area contributed by atoms with Gasteiger partial charge in [0, 0.05) is 4.90 Å². The second-order valence-corrected chi connectivity index (χ2v) is 4.18. The zero-order valence-electron chi connectivity index (χ0n) is 9.04. The Morgan fingerprint density at radius 3 is 2.75 bits per heavy atom. The zero-order chi connectivity index (χ0) is 11.5. The van der Waals surface area contributed by atoms with Crippen molar-refractivity contribution >= 4 is 11.8 Å². The van der Waals surface area contributed by atoms with Crippen molar-refractivity contribution in [1.29, 1.82) is 0 Å². The van der Waals surface area contributed by atoms with E-state index in [1.165, 1.54) is 0 Å². The molecule has 0 saturated heterocycles. The van der Waals surface area contributed by atoms with Crippen LogP contribution < -0.4 is 0 Å². The molecule has 84 valence electrons. The van der Waals surface area contributed by atoms with Crippen molar-refractivity contribution < 1.29 is 9.63 Å². The standard InChI is InChI=1S/C11H12N2O2S/c1-7(14)10-12-11(15-13-10)8-5-3-4-6-9(8)16-2/h3-7,14H,1-2H3. The van der Waals surface area contributed by atoms with Gasteiger partial charge in [-0.15, -0.1) is 11.8 Å². The first kappa shape index (κ1) is 11.2. The summed E-state index contributed by atoms with van der Waals surface area (Å²) < 4.78 is 5.12. The fourth-order valence-corrected chi connectivity index (χ4v) is 1.93. The maximum Gasteiger partial charge on any atom is 0.259 e. The van der Waals surface area contributed by atoms with Crippen molar-refractivity contribution in [3.8, 4) is 11.5 Å². The van der Waals surface area contributed by atoms with Crippen LogP contribution >= 0.6 is 11.8 Å². The monoisotopic (exact) mass is 236 g/mol. The third kappa shape index (κ3) is 2.10. The molecule has 1 heterocycles. The molecule has 2 rings (SSSR count). The average Bonchev–Trinajstić information content (AvgIpc) is 2.78. The SMILES string of the molecule is CSc1ccccc1-c1nc(C(C)O)no1. The van der Waals surface area contributed by atoms with Gasteiger partial charge in [-0.25, -0.2) is 0 Å². The highest BCUT2D eigenvalue weighted by molar-refractivity contribution is 7.98. The minimum atomic E-state index is -0.709. The van der Waals surface area contributed by atoms with Gasteiger partial charge in [0.1, 0.15) is 6.10 Å². The van der Waals surface area contributed by atoms with Crippen LogP contribution in [-0.2, 0) is 0 Å². The summed E-state index contributed by atoms with van der Waals surface area (Å²) in [5.74, 6) is 0.756. The van der Waals surface area contributed by atoms with Crippen LogP contribution in [0.5, 0.6) is 0 Å². The van der Waals surface area contributed by atoms with E-state index in [0.717, 1.165) is 10.5 Å². The third-order valence-corrected chi connectivity index (χ3v) is 2.95. The summed E-state index contributed by atoms with van der Waals surface area (Å²) in [5.41, 5.74) is 0.898. The molecule has 1 aromatic carbocycles. The number of hydrogen-bond acceptors (Lipinski definition) is 5. The van der Waals surface area contributed by atoms with Crippen molar-refractivity contribution in [3.05, 3.63) is 30.1 Å². The van der Waals surface area contributed by atoms with Crippen molar-refractivity contribution in [2.75, 3.05) is 6.26 Å². The molecule has 16 heavy (non-hydrogen) atoms. The lowest BCUT2D eigenvalue weighted by Gasteiger charge is -2.00. The molecule has 1 N–H and O–H groups in total. The molecule has 0 radical (unpaired) electrons. The smallest absolute Gasteiger partial charge is 0.259 e. The van der Waals surface area contributed by atoms with E-state index in [-0.39, 0.29) is 0 Å². The van der Waals surface area contributed by atoms with Gasteiger partial charge in [0.25, 0.3) is 5.89 Å². The lowest BCUT2D eigenvalue weighted by Crippen LogP contribution is -1.93. The van der Waals surface area contributed by atoms with Crippen molar-refractivity contribution in [1.82, 2.24) is 10.1 Å². The van der Waals surface area contributed by atoms with E-state index in [4.69, 9.17) is 4.52 Å². The molecule has 0 aliphatic heterocycles. The highest BCUT2D eigenvalue weighted by Crippen LogP contribution is 2.29. The number of rotatable bonds is 3. The van der Waals surface area contributed by atoms with Gasteiger partial charge < -0.3 is 9.63 Å². The summed E-state index contributed by atoms with van der Waals surface area (Å²) in [4.78, 5) is 5.22. The van der Waals surface area contributed by atoms with E-state index in [0.29, 0.717) is 11.7 Å². The molecular weight excluding hydrogens is 224 g/mol. The molecule has 2 aromatic rings. The summed E-state index contributed by atoms with van der Waals surface area (Å²) in [7, 11) is 0. The molecule has 5 heteroatoms. The molecule has 0 aliphatic rings. The van der Waals surface area contributed by atoms with Crippen LogP contribution in [0.25, 0.3) is 11.5 Å². The van der Waals surface area contributed by atoms with E-state index in [9.17, 15) is 5.11 Å². The molecule has 0 bridgehead atoms. The van der Waals surface area contributed by atoms with E-state index in [1.807, 2.05) is 30.5 Å². The average molecular weight is 236 g/mol. The first-order valence-corrected chi connectivity index (χ1v) is 6.10. The van der Waals surface area contributed by atoms with Crippen LogP contribution in [0.4, 0.5) is 0 Å². The maximum absolute atomic E-state index is 9.32.